The van der Waals surface area contributed by atoms with Crippen LogP contribution >= 0.6 is 0 Å². The van der Waals surface area contributed by atoms with Gasteiger partial charge in [0.05, 0.1) is 6.54 Å². The number of hydrogen-bond acceptors (Lipinski definition) is 6. The lowest BCUT2D eigenvalue weighted by Gasteiger charge is -2.28. The second kappa shape index (κ2) is 11.8. The van der Waals surface area contributed by atoms with Crippen molar-refractivity contribution in [1.29, 1.82) is 0 Å². The number of aliphatic carboxylic acids is 2. The molecule has 3 atom stereocenters. The van der Waals surface area contributed by atoms with Crippen molar-refractivity contribution in [2.45, 2.75) is 50.2 Å². The Balaban J connectivity index is 2.20. The third-order valence-corrected chi connectivity index (χ3v) is 5.20. The maximum atomic E-state index is 13.0. The van der Waals surface area contributed by atoms with E-state index in [0.29, 0.717) is 6.42 Å². The van der Waals surface area contributed by atoms with Gasteiger partial charge < -0.3 is 31.5 Å². The number of likely N-dealkylation sites (tertiary alicyclic amines) is 1. The van der Waals surface area contributed by atoms with E-state index in [2.05, 4.69) is 10.6 Å². The molecule has 1 aliphatic heterocycles. The second-order valence-electron chi connectivity index (χ2n) is 7.54. The maximum absolute atomic E-state index is 13.0. The average Bonchev–Trinajstić information content (AvgIpc) is 3.26. The van der Waals surface area contributed by atoms with Gasteiger partial charge in [0.15, 0.2) is 0 Å². The lowest BCUT2D eigenvalue weighted by molar-refractivity contribution is -0.150. The lowest BCUT2D eigenvalue weighted by atomic mass is 10.0. The van der Waals surface area contributed by atoms with Crippen LogP contribution in [0.1, 0.15) is 31.2 Å². The van der Waals surface area contributed by atoms with Crippen molar-refractivity contribution in [1.82, 2.24) is 15.5 Å². The van der Waals surface area contributed by atoms with Gasteiger partial charge in [-0.1, -0.05) is 30.3 Å². The summed E-state index contributed by atoms with van der Waals surface area (Å²) in [4.78, 5) is 61.5. The van der Waals surface area contributed by atoms with Gasteiger partial charge in [0.25, 0.3) is 0 Å². The molecule has 1 fully saturated rings. The van der Waals surface area contributed by atoms with Gasteiger partial charge in [-0.15, -0.1) is 0 Å². The molecule has 11 heteroatoms. The van der Waals surface area contributed by atoms with Crippen LogP contribution in [0.4, 0.5) is 0 Å². The molecule has 1 aliphatic rings. The summed E-state index contributed by atoms with van der Waals surface area (Å²) >= 11 is 0. The smallest absolute Gasteiger partial charge is 0.326 e. The molecule has 0 saturated carbocycles. The van der Waals surface area contributed by atoms with Crippen LogP contribution in [0.2, 0.25) is 0 Å². The first-order chi connectivity index (χ1) is 15.2. The van der Waals surface area contributed by atoms with E-state index in [1.54, 1.807) is 30.3 Å². The van der Waals surface area contributed by atoms with Gasteiger partial charge in [0.1, 0.15) is 18.1 Å². The van der Waals surface area contributed by atoms with Crippen molar-refractivity contribution in [3.63, 3.8) is 0 Å². The standard InChI is InChI=1S/C21H28N4O7/c22-12-17(26)23-15(11-13-5-2-1-3-6-13)19(29)24-14(8-9-18(27)28)20(30)25-10-4-7-16(25)21(31)32/h1-3,5-6,14-16H,4,7-12,22H2,(H,23,26)(H,24,29)(H,27,28)(H,31,32)/t14-,15-,16-/m0/s1. The molecule has 32 heavy (non-hydrogen) atoms. The summed E-state index contributed by atoms with van der Waals surface area (Å²) in [7, 11) is 0. The van der Waals surface area contributed by atoms with E-state index < -0.39 is 54.2 Å². The van der Waals surface area contributed by atoms with E-state index >= 15 is 0 Å². The molecule has 3 amide bonds. The fourth-order valence-electron chi connectivity index (χ4n) is 3.60. The molecule has 174 valence electrons. The SMILES string of the molecule is NCC(=O)N[C@@H](Cc1ccccc1)C(=O)N[C@@H](CCC(=O)O)C(=O)N1CCC[C@H]1C(=O)O. The topological polar surface area (TPSA) is 179 Å². The number of carboxylic acid groups (broad SMARTS) is 2. The Morgan fingerprint density at radius 3 is 2.34 bits per heavy atom. The molecule has 1 aromatic carbocycles. The summed E-state index contributed by atoms with van der Waals surface area (Å²) in [5.74, 6) is -4.24. The fourth-order valence-corrected chi connectivity index (χ4v) is 3.60. The van der Waals surface area contributed by atoms with Gasteiger partial charge in [-0.2, -0.15) is 0 Å². The minimum Gasteiger partial charge on any atom is -0.481 e. The molecular weight excluding hydrogens is 420 g/mol. The van der Waals surface area contributed by atoms with E-state index in [1.165, 1.54) is 0 Å². The Labute approximate surface area is 184 Å². The molecule has 0 aromatic heterocycles. The van der Waals surface area contributed by atoms with Gasteiger partial charge in [0, 0.05) is 19.4 Å². The van der Waals surface area contributed by atoms with Crippen LogP contribution in [0.3, 0.4) is 0 Å². The molecule has 2 rings (SSSR count). The Bertz CT molecular complexity index is 846. The van der Waals surface area contributed by atoms with E-state index in [0.717, 1.165) is 10.5 Å². The van der Waals surface area contributed by atoms with Gasteiger partial charge in [-0.25, -0.2) is 4.79 Å². The lowest BCUT2D eigenvalue weighted by Crippen LogP contribution is -2.56. The maximum Gasteiger partial charge on any atom is 0.326 e. The zero-order chi connectivity index (χ0) is 23.7. The Hall–Kier alpha value is -3.47. The highest BCUT2D eigenvalue weighted by molar-refractivity contribution is 5.94. The van der Waals surface area contributed by atoms with Crippen molar-refractivity contribution in [2.24, 2.45) is 5.73 Å². The molecule has 6 N–H and O–H groups in total. The monoisotopic (exact) mass is 448 g/mol. The molecule has 11 nitrogen and oxygen atoms in total. The summed E-state index contributed by atoms with van der Waals surface area (Å²) in [5, 5.41) is 23.4. The van der Waals surface area contributed by atoms with Gasteiger partial charge >= 0.3 is 11.9 Å². The van der Waals surface area contributed by atoms with Crippen LogP contribution in [0, 0.1) is 0 Å². The van der Waals surface area contributed by atoms with Crippen LogP contribution in [-0.2, 0) is 30.4 Å². The van der Waals surface area contributed by atoms with E-state index in [9.17, 15) is 29.1 Å². The number of benzene rings is 1. The summed E-state index contributed by atoms with van der Waals surface area (Å²) in [6, 6.07) is 5.55. The molecule has 1 heterocycles. The average molecular weight is 448 g/mol. The predicted molar refractivity (Wildman–Crippen MR) is 112 cm³/mol. The van der Waals surface area contributed by atoms with Crippen LogP contribution < -0.4 is 16.4 Å². The minimum atomic E-state index is -1.24. The van der Waals surface area contributed by atoms with Crippen molar-refractivity contribution in [2.75, 3.05) is 13.1 Å². The first-order valence-corrected chi connectivity index (χ1v) is 10.3. The summed E-state index contributed by atoms with van der Waals surface area (Å²) < 4.78 is 0. The quantitative estimate of drug-likeness (QED) is 0.289. The van der Waals surface area contributed by atoms with E-state index in [1.807, 2.05) is 0 Å². The summed E-state index contributed by atoms with van der Waals surface area (Å²) in [6.07, 6.45) is 0.279. The highest BCUT2D eigenvalue weighted by Gasteiger charge is 2.38. The molecule has 0 radical (unpaired) electrons. The van der Waals surface area contributed by atoms with Crippen molar-refractivity contribution >= 4 is 29.7 Å². The predicted octanol–water partition coefficient (Wildman–Crippen LogP) is -0.902. The number of carbonyl (C=O) groups excluding carboxylic acids is 3. The highest BCUT2D eigenvalue weighted by atomic mass is 16.4. The Kier molecular flexibility index (Phi) is 9.14. The molecule has 1 aromatic rings. The first-order valence-electron chi connectivity index (χ1n) is 10.3. The zero-order valence-electron chi connectivity index (χ0n) is 17.5. The number of nitrogens with one attached hydrogen (secondary N) is 2. The second-order valence-corrected chi connectivity index (χ2v) is 7.54. The van der Waals surface area contributed by atoms with E-state index in [4.69, 9.17) is 10.8 Å². The highest BCUT2D eigenvalue weighted by Crippen LogP contribution is 2.20. The normalized spacial score (nSPS) is 17.3. The number of carboxylic acids is 2. The van der Waals surface area contributed by atoms with Crippen LogP contribution in [0.25, 0.3) is 0 Å². The largest absolute Gasteiger partial charge is 0.481 e. The number of carbonyl (C=O) groups is 5. The molecule has 0 bridgehead atoms. The molecule has 0 unspecified atom stereocenters. The Morgan fingerprint density at radius 2 is 1.75 bits per heavy atom. The number of rotatable bonds is 11. The van der Waals surface area contributed by atoms with Crippen molar-refractivity contribution < 1.29 is 34.2 Å². The van der Waals surface area contributed by atoms with Gasteiger partial charge in [-0.3, -0.25) is 19.2 Å². The number of hydrogen-bond donors (Lipinski definition) is 5. The van der Waals surface area contributed by atoms with Crippen LogP contribution in [-0.4, -0.2) is 76.0 Å². The van der Waals surface area contributed by atoms with Crippen LogP contribution in [0.5, 0.6) is 0 Å². The molecule has 0 aliphatic carbocycles. The number of nitrogens with zero attached hydrogens (tertiary/aromatic N) is 1. The van der Waals surface area contributed by atoms with Crippen molar-refractivity contribution in [3.8, 4) is 0 Å². The third kappa shape index (κ3) is 7.05. The number of nitrogens with two attached hydrogens (primary N) is 1. The number of amides is 3. The summed E-state index contributed by atoms with van der Waals surface area (Å²) in [5.41, 5.74) is 6.10. The molecule has 1 saturated heterocycles. The molecular formula is C21H28N4O7. The fraction of sp³-hybridized carbons (Fsp3) is 0.476. The van der Waals surface area contributed by atoms with E-state index in [-0.39, 0.29) is 32.4 Å². The van der Waals surface area contributed by atoms with Crippen LogP contribution in [0.15, 0.2) is 30.3 Å². The van der Waals surface area contributed by atoms with Gasteiger partial charge in [-0.05, 0) is 24.8 Å². The zero-order valence-corrected chi connectivity index (χ0v) is 17.5. The third-order valence-electron chi connectivity index (χ3n) is 5.20. The molecule has 0 spiro atoms. The van der Waals surface area contributed by atoms with Crippen molar-refractivity contribution in [3.05, 3.63) is 35.9 Å². The first kappa shape index (κ1) is 24.8. The summed E-state index contributed by atoms with van der Waals surface area (Å²) in [6.45, 7) is -0.138. The van der Waals surface area contributed by atoms with Gasteiger partial charge in [0.2, 0.25) is 17.7 Å². The minimum absolute atomic E-state index is 0.125. The Morgan fingerprint density at radius 1 is 1.06 bits per heavy atom.